The lowest BCUT2D eigenvalue weighted by Gasteiger charge is -2.25. The average molecular weight is 381 g/mol. The quantitative estimate of drug-likeness (QED) is 0.803. The normalized spacial score (nSPS) is 17.6. The number of rotatable bonds is 4. The number of amides is 1. The van der Waals surface area contributed by atoms with Crippen LogP contribution in [0.5, 0.6) is 0 Å². The van der Waals surface area contributed by atoms with Gasteiger partial charge in [-0.3, -0.25) is 4.79 Å². The van der Waals surface area contributed by atoms with E-state index in [0.29, 0.717) is 12.2 Å². The summed E-state index contributed by atoms with van der Waals surface area (Å²) in [6.45, 7) is 3.26. The molecule has 2 heterocycles. The molecular weight excluding hydrogens is 364 g/mol. The molecule has 2 aromatic rings. The Labute approximate surface area is 142 Å². The van der Waals surface area contributed by atoms with Gasteiger partial charge in [-0.05, 0) is 44.0 Å². The fourth-order valence-electron chi connectivity index (χ4n) is 2.52. The van der Waals surface area contributed by atoms with Crippen LogP contribution in [-0.4, -0.2) is 30.1 Å². The number of aromatic nitrogens is 1. The van der Waals surface area contributed by atoms with Gasteiger partial charge in [0.25, 0.3) is 5.91 Å². The molecule has 0 radical (unpaired) electrons. The first-order chi connectivity index (χ1) is 10.6. The number of anilines is 1. The van der Waals surface area contributed by atoms with Crippen LogP contribution in [0, 0.1) is 6.92 Å². The minimum absolute atomic E-state index is 0.0674. The molecule has 1 amide bonds. The molecule has 3 rings (SSSR count). The summed E-state index contributed by atoms with van der Waals surface area (Å²) in [5, 5.41) is 2.72. The minimum atomic E-state index is -0.0674. The lowest BCUT2D eigenvalue weighted by atomic mass is 10.2. The molecule has 1 unspecified atom stereocenters. The number of halogens is 1. The second-order valence-corrected chi connectivity index (χ2v) is 7.26. The zero-order valence-electron chi connectivity index (χ0n) is 12.3. The third-order valence-electron chi connectivity index (χ3n) is 3.63. The maximum absolute atomic E-state index is 12.8. The maximum atomic E-state index is 12.8. The minimum Gasteiger partial charge on any atom is -0.376 e. The number of thiazole rings is 1. The van der Waals surface area contributed by atoms with Crippen molar-refractivity contribution in [3.05, 3.63) is 44.8 Å². The Bertz CT molecular complexity index is 650. The number of nitrogens with zero attached hydrogens (tertiary/aromatic N) is 2. The van der Waals surface area contributed by atoms with Crippen molar-refractivity contribution in [1.29, 1.82) is 0 Å². The number of carbonyl (C=O) groups is 1. The van der Waals surface area contributed by atoms with Gasteiger partial charge in [0.1, 0.15) is 5.69 Å². The lowest BCUT2D eigenvalue weighted by Crippen LogP contribution is -2.37. The number of hydrogen-bond donors (Lipinski definition) is 0. The van der Waals surface area contributed by atoms with Gasteiger partial charge in [0.05, 0.1) is 17.7 Å². The van der Waals surface area contributed by atoms with E-state index < -0.39 is 0 Å². The highest BCUT2D eigenvalue weighted by molar-refractivity contribution is 9.10. The Balaban J connectivity index is 1.87. The van der Waals surface area contributed by atoms with E-state index in [9.17, 15) is 4.79 Å². The SMILES string of the molecule is Cc1nc(C(=O)N(CC2CCCO2)c2ccc(Br)cc2)cs1. The summed E-state index contributed by atoms with van der Waals surface area (Å²) in [6, 6.07) is 7.77. The Hall–Kier alpha value is -1.24. The molecule has 1 aromatic carbocycles. The standard InChI is InChI=1S/C16H17BrN2O2S/c1-11-18-15(10-22-11)16(20)19(9-14-3-2-8-21-14)13-6-4-12(17)5-7-13/h4-7,10,14H,2-3,8-9H2,1H3. The molecule has 6 heteroatoms. The molecule has 0 spiro atoms. The summed E-state index contributed by atoms with van der Waals surface area (Å²) in [6.07, 6.45) is 2.16. The smallest absolute Gasteiger partial charge is 0.277 e. The zero-order chi connectivity index (χ0) is 15.5. The Morgan fingerprint density at radius 2 is 2.23 bits per heavy atom. The average Bonchev–Trinajstić information content (AvgIpc) is 3.17. The van der Waals surface area contributed by atoms with Crippen LogP contribution in [0.25, 0.3) is 0 Å². The first-order valence-electron chi connectivity index (χ1n) is 7.24. The van der Waals surface area contributed by atoms with Gasteiger partial charge in [-0.15, -0.1) is 11.3 Å². The van der Waals surface area contributed by atoms with E-state index in [4.69, 9.17) is 4.74 Å². The summed E-state index contributed by atoms with van der Waals surface area (Å²) in [5.74, 6) is -0.0674. The van der Waals surface area contributed by atoms with E-state index in [1.807, 2.05) is 36.6 Å². The van der Waals surface area contributed by atoms with Crippen molar-refractivity contribution >= 4 is 38.9 Å². The Kier molecular flexibility index (Phi) is 4.90. The highest BCUT2D eigenvalue weighted by atomic mass is 79.9. The fourth-order valence-corrected chi connectivity index (χ4v) is 3.37. The van der Waals surface area contributed by atoms with Gasteiger partial charge in [-0.2, -0.15) is 0 Å². The van der Waals surface area contributed by atoms with Crippen molar-refractivity contribution in [3.8, 4) is 0 Å². The van der Waals surface area contributed by atoms with Gasteiger partial charge in [0.15, 0.2) is 0 Å². The summed E-state index contributed by atoms with van der Waals surface area (Å²) in [4.78, 5) is 18.9. The third kappa shape index (κ3) is 3.56. The lowest BCUT2D eigenvalue weighted by molar-refractivity contribution is 0.0914. The van der Waals surface area contributed by atoms with Crippen molar-refractivity contribution in [3.63, 3.8) is 0 Å². The van der Waals surface area contributed by atoms with Crippen LogP contribution in [0.2, 0.25) is 0 Å². The molecule has 4 nitrogen and oxygen atoms in total. The van der Waals surface area contributed by atoms with E-state index >= 15 is 0 Å². The Morgan fingerprint density at radius 1 is 1.45 bits per heavy atom. The van der Waals surface area contributed by atoms with Gasteiger partial charge < -0.3 is 9.64 Å². The van der Waals surface area contributed by atoms with Crippen LogP contribution in [0.4, 0.5) is 5.69 Å². The number of benzene rings is 1. The van der Waals surface area contributed by atoms with Gasteiger partial charge in [-0.25, -0.2) is 4.98 Å². The number of ether oxygens (including phenoxy) is 1. The summed E-state index contributed by atoms with van der Waals surface area (Å²) in [5.41, 5.74) is 1.37. The first-order valence-corrected chi connectivity index (χ1v) is 8.92. The fraction of sp³-hybridized carbons (Fsp3) is 0.375. The number of carbonyl (C=O) groups excluding carboxylic acids is 1. The van der Waals surface area contributed by atoms with E-state index in [1.165, 1.54) is 11.3 Å². The summed E-state index contributed by atoms with van der Waals surface area (Å²) < 4.78 is 6.69. The molecule has 1 fully saturated rings. The molecule has 1 saturated heterocycles. The topological polar surface area (TPSA) is 42.4 Å². The third-order valence-corrected chi connectivity index (χ3v) is 4.93. The largest absolute Gasteiger partial charge is 0.376 e. The molecule has 0 saturated carbocycles. The van der Waals surface area contributed by atoms with E-state index in [1.54, 1.807) is 4.90 Å². The summed E-state index contributed by atoms with van der Waals surface area (Å²) >= 11 is 4.92. The zero-order valence-corrected chi connectivity index (χ0v) is 14.7. The molecule has 1 aliphatic heterocycles. The van der Waals surface area contributed by atoms with Crippen molar-refractivity contribution in [2.24, 2.45) is 0 Å². The van der Waals surface area contributed by atoms with Gasteiger partial charge >= 0.3 is 0 Å². The van der Waals surface area contributed by atoms with Crippen LogP contribution >= 0.6 is 27.3 Å². The van der Waals surface area contributed by atoms with E-state index in [0.717, 1.165) is 34.6 Å². The van der Waals surface area contributed by atoms with Crippen LogP contribution in [0.3, 0.4) is 0 Å². The van der Waals surface area contributed by atoms with Gasteiger partial charge in [0.2, 0.25) is 0 Å². The highest BCUT2D eigenvalue weighted by Crippen LogP contribution is 2.24. The van der Waals surface area contributed by atoms with Crippen LogP contribution in [0.1, 0.15) is 28.3 Å². The second-order valence-electron chi connectivity index (χ2n) is 5.28. The predicted octanol–water partition coefficient (Wildman–Crippen LogP) is 4.04. The molecule has 116 valence electrons. The molecule has 22 heavy (non-hydrogen) atoms. The van der Waals surface area contributed by atoms with Crippen molar-refractivity contribution in [2.45, 2.75) is 25.9 Å². The highest BCUT2D eigenvalue weighted by Gasteiger charge is 2.25. The molecule has 0 N–H and O–H groups in total. The molecular formula is C16H17BrN2O2S. The van der Waals surface area contributed by atoms with Gasteiger partial charge in [-0.1, -0.05) is 15.9 Å². The van der Waals surface area contributed by atoms with E-state index in [-0.39, 0.29) is 12.0 Å². The van der Waals surface area contributed by atoms with Crippen LogP contribution < -0.4 is 4.90 Å². The first kappa shape index (κ1) is 15.6. The van der Waals surface area contributed by atoms with Crippen LogP contribution in [0.15, 0.2) is 34.1 Å². The Morgan fingerprint density at radius 3 is 2.82 bits per heavy atom. The molecule has 0 bridgehead atoms. The van der Waals surface area contributed by atoms with Crippen molar-refractivity contribution < 1.29 is 9.53 Å². The number of hydrogen-bond acceptors (Lipinski definition) is 4. The second kappa shape index (κ2) is 6.89. The van der Waals surface area contributed by atoms with Gasteiger partial charge in [0, 0.05) is 22.1 Å². The molecule has 1 aliphatic rings. The monoisotopic (exact) mass is 380 g/mol. The summed E-state index contributed by atoms with van der Waals surface area (Å²) in [7, 11) is 0. The molecule has 1 atom stereocenters. The maximum Gasteiger partial charge on any atom is 0.277 e. The van der Waals surface area contributed by atoms with Crippen molar-refractivity contribution in [1.82, 2.24) is 4.98 Å². The van der Waals surface area contributed by atoms with Crippen LogP contribution in [-0.2, 0) is 4.74 Å². The van der Waals surface area contributed by atoms with E-state index in [2.05, 4.69) is 20.9 Å². The predicted molar refractivity (Wildman–Crippen MR) is 91.6 cm³/mol. The molecule has 1 aromatic heterocycles. The molecule has 0 aliphatic carbocycles. The van der Waals surface area contributed by atoms with Crippen molar-refractivity contribution in [2.75, 3.05) is 18.1 Å². The number of aryl methyl sites for hydroxylation is 1.